The smallest absolute Gasteiger partial charge is 0.270 e. The molecule has 1 unspecified atom stereocenters. The van der Waals surface area contributed by atoms with E-state index in [1.165, 1.54) is 12.2 Å². The molecule has 6 heteroatoms. The molecule has 0 saturated carbocycles. The van der Waals surface area contributed by atoms with Crippen molar-refractivity contribution in [3.63, 3.8) is 0 Å². The molecule has 1 aromatic heterocycles. The number of nitrogens with two attached hydrogens (primary N) is 1. The Morgan fingerprint density at radius 2 is 2.50 bits per heavy atom. The lowest BCUT2D eigenvalue weighted by Gasteiger charge is -2.22. The number of hydrazine groups is 1. The van der Waals surface area contributed by atoms with Crippen molar-refractivity contribution in [2.75, 3.05) is 17.7 Å². The lowest BCUT2D eigenvalue weighted by Crippen LogP contribution is -2.37. The minimum Gasteiger partial charge on any atom is -0.349 e. The third-order valence-corrected chi connectivity index (χ3v) is 4.62. The number of nitrogens with one attached hydrogen (secondary N) is 2. The molecule has 1 aromatic rings. The third kappa shape index (κ3) is 3.14. The average molecular weight is 266 g/mol. The number of carbonyl (C=O) groups is 1. The molecular weight excluding hydrogens is 248 g/mol. The molecule has 0 aromatic carbocycles. The van der Waals surface area contributed by atoms with Gasteiger partial charge in [-0.25, -0.2) is 0 Å². The largest absolute Gasteiger partial charge is 0.349 e. The number of rotatable bonds is 4. The molecule has 0 aliphatic carbocycles. The Morgan fingerprint density at radius 1 is 1.67 bits per heavy atom. The molecule has 2 heterocycles. The molecule has 0 radical (unpaired) electrons. The van der Waals surface area contributed by atoms with Gasteiger partial charge in [-0.2, -0.15) is 11.8 Å². The van der Waals surface area contributed by atoms with E-state index < -0.39 is 0 Å². The van der Waals surface area contributed by atoms with Gasteiger partial charge in [0, 0.05) is 17.5 Å². The van der Waals surface area contributed by atoms with E-state index in [-0.39, 0.29) is 10.7 Å². The number of hydrogen-bond donors (Lipinski definition) is 3. The van der Waals surface area contributed by atoms with E-state index in [4.69, 9.17) is 5.84 Å². The molecule has 1 atom stereocenters. The van der Waals surface area contributed by atoms with Gasteiger partial charge in [-0.15, -0.1) is 0 Å². The number of carbonyl (C=O) groups excluding carboxylic acids is 1. The second kappa shape index (κ2) is 5.58. The van der Waals surface area contributed by atoms with Gasteiger partial charge in [-0.1, -0.05) is 0 Å². The molecule has 1 amide bonds. The predicted molar refractivity (Wildman–Crippen MR) is 74.5 cm³/mol. The molecule has 0 spiro atoms. The number of anilines is 1. The maximum atomic E-state index is 12.0. The van der Waals surface area contributed by atoms with Crippen molar-refractivity contribution in [1.82, 2.24) is 10.3 Å². The van der Waals surface area contributed by atoms with Crippen LogP contribution in [0, 0.1) is 0 Å². The third-order valence-electron chi connectivity index (χ3n) is 3.08. The van der Waals surface area contributed by atoms with E-state index in [9.17, 15) is 4.79 Å². The van der Waals surface area contributed by atoms with Crippen molar-refractivity contribution in [2.24, 2.45) is 5.84 Å². The molecule has 1 aliphatic rings. The van der Waals surface area contributed by atoms with Gasteiger partial charge in [0.2, 0.25) is 0 Å². The molecule has 1 saturated heterocycles. The fourth-order valence-corrected chi connectivity index (χ4v) is 3.22. The van der Waals surface area contributed by atoms with Gasteiger partial charge in [-0.05, 0) is 37.7 Å². The lowest BCUT2D eigenvalue weighted by atomic mass is 10.1. The Morgan fingerprint density at radius 3 is 3.17 bits per heavy atom. The Hall–Kier alpha value is -1.27. The van der Waals surface area contributed by atoms with Crippen molar-refractivity contribution >= 4 is 23.4 Å². The van der Waals surface area contributed by atoms with Gasteiger partial charge < -0.3 is 10.7 Å². The molecule has 0 bridgehead atoms. The van der Waals surface area contributed by atoms with Crippen LogP contribution in [0.15, 0.2) is 18.3 Å². The van der Waals surface area contributed by atoms with E-state index >= 15 is 0 Å². The highest BCUT2D eigenvalue weighted by Crippen LogP contribution is 2.36. The van der Waals surface area contributed by atoms with Crippen molar-refractivity contribution in [3.05, 3.63) is 24.0 Å². The number of amides is 1. The van der Waals surface area contributed by atoms with Crippen molar-refractivity contribution in [1.29, 1.82) is 0 Å². The molecule has 18 heavy (non-hydrogen) atoms. The van der Waals surface area contributed by atoms with Gasteiger partial charge in [0.1, 0.15) is 5.69 Å². The van der Waals surface area contributed by atoms with Crippen LogP contribution in [0.1, 0.15) is 30.3 Å². The van der Waals surface area contributed by atoms with Crippen molar-refractivity contribution < 1.29 is 4.79 Å². The first-order chi connectivity index (χ1) is 8.63. The summed E-state index contributed by atoms with van der Waals surface area (Å²) in [7, 11) is 0. The topological polar surface area (TPSA) is 80.0 Å². The molecule has 1 aliphatic heterocycles. The van der Waals surface area contributed by atoms with E-state index in [1.807, 2.05) is 11.8 Å². The number of thioether (sulfide) groups is 1. The summed E-state index contributed by atoms with van der Waals surface area (Å²) in [6, 6.07) is 3.35. The zero-order chi connectivity index (χ0) is 13.0. The van der Waals surface area contributed by atoms with Crippen LogP contribution in [0.25, 0.3) is 0 Å². The summed E-state index contributed by atoms with van der Waals surface area (Å²) >= 11 is 1.92. The Balaban J connectivity index is 1.94. The number of aromatic nitrogens is 1. The maximum absolute atomic E-state index is 12.0. The predicted octanol–water partition coefficient (Wildman–Crippen LogP) is 1.38. The normalized spacial score (nSPS) is 22.8. The minimum absolute atomic E-state index is 0.152. The van der Waals surface area contributed by atoms with Gasteiger partial charge >= 0.3 is 0 Å². The lowest BCUT2D eigenvalue weighted by molar-refractivity contribution is 0.0945. The maximum Gasteiger partial charge on any atom is 0.270 e. The zero-order valence-corrected chi connectivity index (χ0v) is 11.2. The van der Waals surface area contributed by atoms with E-state index in [2.05, 4.69) is 22.7 Å². The van der Waals surface area contributed by atoms with Crippen LogP contribution in [0.4, 0.5) is 5.69 Å². The van der Waals surface area contributed by atoms with Crippen LogP contribution in [0.5, 0.6) is 0 Å². The van der Waals surface area contributed by atoms with Crippen LogP contribution < -0.4 is 16.6 Å². The highest BCUT2D eigenvalue weighted by Gasteiger charge is 2.29. The summed E-state index contributed by atoms with van der Waals surface area (Å²) in [5.74, 6) is 6.33. The fraction of sp³-hybridized carbons (Fsp3) is 0.500. The Bertz CT molecular complexity index is 432. The number of hydrogen-bond acceptors (Lipinski definition) is 5. The molecule has 5 nitrogen and oxygen atoms in total. The first-order valence-corrected chi connectivity index (χ1v) is 6.96. The first kappa shape index (κ1) is 13.2. The SMILES string of the molecule is CC1(CNC(=O)c2cc(NN)ccn2)CCCS1. The summed E-state index contributed by atoms with van der Waals surface area (Å²) < 4.78 is 0.166. The molecule has 1 fully saturated rings. The number of pyridine rings is 1. The van der Waals surface area contributed by atoms with Gasteiger partial charge in [0.25, 0.3) is 5.91 Å². The van der Waals surface area contributed by atoms with Gasteiger partial charge in [0.15, 0.2) is 0 Å². The van der Waals surface area contributed by atoms with Crippen LogP contribution in [0.2, 0.25) is 0 Å². The summed E-state index contributed by atoms with van der Waals surface area (Å²) in [6.45, 7) is 2.87. The quantitative estimate of drug-likeness (QED) is 0.567. The number of nitrogen functional groups attached to an aromatic ring is 1. The Labute approximate surface area is 111 Å². The summed E-state index contributed by atoms with van der Waals surface area (Å²) in [6.07, 6.45) is 3.94. The average Bonchev–Trinajstić information content (AvgIpc) is 2.83. The van der Waals surface area contributed by atoms with E-state index in [0.717, 1.165) is 6.42 Å². The molecular formula is C12H18N4OS. The number of nitrogens with zero attached hydrogens (tertiary/aromatic N) is 1. The van der Waals surface area contributed by atoms with E-state index in [0.29, 0.717) is 17.9 Å². The standard InChI is InChI=1S/C12H18N4OS/c1-12(4-2-6-18-12)8-15-11(17)10-7-9(16-13)3-5-14-10/h3,5,7H,2,4,6,8,13H2,1H3,(H,14,16)(H,15,17). The highest BCUT2D eigenvalue weighted by molar-refractivity contribution is 8.00. The Kier molecular flexibility index (Phi) is 4.08. The highest BCUT2D eigenvalue weighted by atomic mass is 32.2. The first-order valence-electron chi connectivity index (χ1n) is 5.98. The van der Waals surface area contributed by atoms with Crippen LogP contribution >= 0.6 is 11.8 Å². The van der Waals surface area contributed by atoms with Crippen LogP contribution in [-0.2, 0) is 0 Å². The van der Waals surface area contributed by atoms with Gasteiger partial charge in [-0.3, -0.25) is 15.6 Å². The van der Waals surface area contributed by atoms with Crippen molar-refractivity contribution in [2.45, 2.75) is 24.5 Å². The fourth-order valence-electron chi connectivity index (χ4n) is 1.98. The van der Waals surface area contributed by atoms with Crippen LogP contribution in [0.3, 0.4) is 0 Å². The summed E-state index contributed by atoms with van der Waals surface area (Å²) in [5, 5.41) is 2.94. The molecule has 2 rings (SSSR count). The summed E-state index contributed by atoms with van der Waals surface area (Å²) in [5.41, 5.74) is 3.57. The van der Waals surface area contributed by atoms with Crippen molar-refractivity contribution in [3.8, 4) is 0 Å². The molecule has 98 valence electrons. The van der Waals surface area contributed by atoms with Gasteiger partial charge in [0.05, 0.1) is 5.69 Å². The zero-order valence-electron chi connectivity index (χ0n) is 10.4. The second-order valence-electron chi connectivity index (χ2n) is 4.66. The minimum atomic E-state index is -0.152. The summed E-state index contributed by atoms with van der Waals surface area (Å²) in [4.78, 5) is 16.0. The van der Waals surface area contributed by atoms with Crippen LogP contribution in [-0.4, -0.2) is 27.9 Å². The monoisotopic (exact) mass is 266 g/mol. The molecule has 4 N–H and O–H groups in total. The second-order valence-corrected chi connectivity index (χ2v) is 6.34. The van der Waals surface area contributed by atoms with E-state index in [1.54, 1.807) is 18.3 Å².